The Labute approximate surface area is 183 Å². The molecule has 3 aromatic rings. The summed E-state index contributed by atoms with van der Waals surface area (Å²) in [5.74, 6) is -3.39. The molecule has 0 N–H and O–H groups in total. The minimum atomic E-state index is -5.14. The molecule has 0 aliphatic rings. The Morgan fingerprint density at radius 2 is 1.41 bits per heavy atom. The van der Waals surface area contributed by atoms with E-state index in [1.165, 1.54) is 31.2 Å². The van der Waals surface area contributed by atoms with Crippen molar-refractivity contribution in [2.24, 2.45) is 0 Å². The van der Waals surface area contributed by atoms with E-state index in [0.29, 0.717) is 0 Å². The molecule has 0 atom stereocenters. The number of hydrogen-bond acceptors (Lipinski definition) is 7. The lowest BCUT2D eigenvalue weighted by atomic mass is 10.3. The number of carbonyl (C=O) groups is 1. The minimum absolute atomic E-state index is 0.0183. The van der Waals surface area contributed by atoms with Gasteiger partial charge in [-0.05, 0) is 43.3 Å². The summed E-state index contributed by atoms with van der Waals surface area (Å²) in [5, 5.41) is 0. The van der Waals surface area contributed by atoms with Gasteiger partial charge in [0.05, 0.1) is 12.3 Å². The maximum Gasteiger partial charge on any atom is 0.356 e. The molecular formula is C20H16F2N2O6S2. The van der Waals surface area contributed by atoms with Crippen molar-refractivity contribution in [3.8, 4) is 0 Å². The number of halogens is 2. The zero-order valence-electron chi connectivity index (χ0n) is 16.5. The van der Waals surface area contributed by atoms with Crippen LogP contribution in [-0.4, -0.2) is 34.4 Å². The summed E-state index contributed by atoms with van der Waals surface area (Å²) < 4.78 is 86.8. The van der Waals surface area contributed by atoms with Crippen LogP contribution in [0.15, 0.2) is 76.7 Å². The van der Waals surface area contributed by atoms with Crippen molar-refractivity contribution in [3.63, 3.8) is 0 Å². The highest BCUT2D eigenvalue weighted by atomic mass is 32.3. The maximum atomic E-state index is 14.4. The first-order valence-electron chi connectivity index (χ1n) is 9.03. The molecule has 0 amide bonds. The lowest BCUT2D eigenvalue weighted by molar-refractivity contribution is 0.0519. The predicted octanol–water partition coefficient (Wildman–Crippen LogP) is 3.12. The number of nitrogens with zero attached hydrogens (tertiary/aromatic N) is 2. The number of benzene rings is 2. The molecular weight excluding hydrogens is 466 g/mol. The first kappa shape index (κ1) is 23.3. The molecule has 0 spiro atoms. The van der Waals surface area contributed by atoms with E-state index >= 15 is 0 Å². The molecule has 168 valence electrons. The first-order valence-corrected chi connectivity index (χ1v) is 11.9. The van der Waals surface area contributed by atoms with Crippen LogP contribution >= 0.6 is 0 Å². The van der Waals surface area contributed by atoms with Crippen LogP contribution in [0.4, 0.5) is 14.5 Å². The van der Waals surface area contributed by atoms with Gasteiger partial charge in [0.25, 0.3) is 20.0 Å². The lowest BCUT2D eigenvalue weighted by Crippen LogP contribution is -2.38. The molecule has 1 heterocycles. The molecule has 8 nitrogen and oxygen atoms in total. The predicted molar refractivity (Wildman–Crippen MR) is 110 cm³/mol. The Bertz CT molecular complexity index is 1300. The summed E-state index contributed by atoms with van der Waals surface area (Å²) in [6.07, 6.45) is 0.975. The topological polar surface area (TPSA) is 111 Å². The Morgan fingerprint density at radius 1 is 0.906 bits per heavy atom. The monoisotopic (exact) mass is 482 g/mol. The molecule has 0 radical (unpaired) electrons. The van der Waals surface area contributed by atoms with Gasteiger partial charge in [-0.1, -0.05) is 24.3 Å². The number of hydrogen-bond donors (Lipinski definition) is 0. The average Bonchev–Trinajstić information content (AvgIpc) is 2.74. The van der Waals surface area contributed by atoms with Crippen molar-refractivity contribution < 1.29 is 35.1 Å². The van der Waals surface area contributed by atoms with E-state index in [2.05, 4.69) is 4.98 Å². The van der Waals surface area contributed by atoms with Gasteiger partial charge in [-0.2, -0.15) is 20.5 Å². The highest BCUT2D eigenvalue weighted by molar-refractivity contribution is 8.10. The van der Waals surface area contributed by atoms with Crippen molar-refractivity contribution in [3.05, 3.63) is 84.2 Å². The summed E-state index contributed by atoms with van der Waals surface area (Å²) in [4.78, 5) is 13.9. The Hall–Kier alpha value is -3.38. The first-order chi connectivity index (χ1) is 15.1. The fourth-order valence-electron chi connectivity index (χ4n) is 2.74. The molecule has 12 heteroatoms. The number of sulfonamides is 2. The van der Waals surface area contributed by atoms with Gasteiger partial charge in [-0.25, -0.2) is 18.6 Å². The van der Waals surface area contributed by atoms with E-state index in [9.17, 15) is 30.4 Å². The standard InChI is InChI=1S/C20H16F2N2O6S2/c1-2-30-20(25)17-13-14(11-12-23-17)24(31(26,27)18-9-5-3-7-15(18)21)32(28,29)19-10-6-4-8-16(19)22/h3-13H,2H2,1H3. The van der Waals surface area contributed by atoms with E-state index in [1.54, 1.807) is 0 Å². The van der Waals surface area contributed by atoms with Gasteiger partial charge in [-0.15, -0.1) is 0 Å². The van der Waals surface area contributed by atoms with Crippen LogP contribution in [0.2, 0.25) is 0 Å². The molecule has 0 saturated carbocycles. The van der Waals surface area contributed by atoms with Gasteiger partial charge in [0.1, 0.15) is 27.1 Å². The normalized spacial score (nSPS) is 11.7. The van der Waals surface area contributed by atoms with Gasteiger partial charge in [-0.3, -0.25) is 0 Å². The van der Waals surface area contributed by atoms with Crippen LogP contribution in [0, 0.1) is 11.6 Å². The van der Waals surface area contributed by atoms with E-state index in [4.69, 9.17) is 4.74 Å². The molecule has 0 saturated heterocycles. The molecule has 1 aromatic heterocycles. The number of anilines is 1. The minimum Gasteiger partial charge on any atom is -0.461 e. The third-order valence-electron chi connectivity index (χ3n) is 4.10. The van der Waals surface area contributed by atoms with E-state index < -0.39 is 58.8 Å². The fraction of sp³-hybridized carbons (Fsp3) is 0.100. The third kappa shape index (κ3) is 4.32. The van der Waals surface area contributed by atoms with Gasteiger partial charge >= 0.3 is 5.97 Å². The molecule has 0 bridgehead atoms. The van der Waals surface area contributed by atoms with Gasteiger partial charge in [0.15, 0.2) is 0 Å². The third-order valence-corrected chi connectivity index (χ3v) is 8.35. The number of ether oxygens (including phenoxy) is 1. The molecule has 32 heavy (non-hydrogen) atoms. The number of aromatic nitrogens is 1. The second-order valence-corrected chi connectivity index (χ2v) is 9.93. The lowest BCUT2D eigenvalue weighted by Gasteiger charge is -2.24. The molecule has 2 aromatic carbocycles. The van der Waals surface area contributed by atoms with Crippen LogP contribution < -0.4 is 3.71 Å². The van der Waals surface area contributed by atoms with Crippen LogP contribution in [0.5, 0.6) is 0 Å². The van der Waals surface area contributed by atoms with Crippen molar-refractivity contribution in [2.45, 2.75) is 16.7 Å². The van der Waals surface area contributed by atoms with Crippen LogP contribution in [0.25, 0.3) is 0 Å². The second kappa shape index (κ2) is 9.01. The van der Waals surface area contributed by atoms with Gasteiger partial charge in [0.2, 0.25) is 0 Å². The number of carbonyl (C=O) groups excluding carboxylic acids is 1. The summed E-state index contributed by atoms with van der Waals surface area (Å²) in [6, 6.07) is 10.0. The quantitative estimate of drug-likeness (QED) is 0.476. The van der Waals surface area contributed by atoms with Crippen LogP contribution in [0.3, 0.4) is 0 Å². The molecule has 0 fully saturated rings. The molecule has 0 aliphatic heterocycles. The van der Waals surface area contributed by atoms with Crippen molar-refractivity contribution >= 4 is 31.7 Å². The highest BCUT2D eigenvalue weighted by Crippen LogP contribution is 2.32. The Kier molecular flexibility index (Phi) is 6.55. The summed E-state index contributed by atoms with van der Waals surface area (Å²) in [5.41, 5.74) is -0.989. The van der Waals surface area contributed by atoms with Crippen LogP contribution in [-0.2, 0) is 24.8 Å². The zero-order chi connectivity index (χ0) is 23.5. The Balaban J connectivity index is 2.31. The Morgan fingerprint density at radius 3 is 1.88 bits per heavy atom. The molecule has 0 aliphatic carbocycles. The van der Waals surface area contributed by atoms with Gasteiger partial charge in [0, 0.05) is 6.20 Å². The fourth-order valence-corrected chi connectivity index (χ4v) is 6.53. The van der Waals surface area contributed by atoms with Crippen molar-refractivity contribution in [1.29, 1.82) is 0 Å². The van der Waals surface area contributed by atoms with E-state index in [0.717, 1.165) is 42.6 Å². The van der Waals surface area contributed by atoms with Crippen LogP contribution in [0.1, 0.15) is 17.4 Å². The van der Waals surface area contributed by atoms with E-state index in [-0.39, 0.29) is 10.3 Å². The van der Waals surface area contributed by atoms with Gasteiger partial charge < -0.3 is 4.74 Å². The largest absolute Gasteiger partial charge is 0.461 e. The maximum absolute atomic E-state index is 14.4. The SMILES string of the molecule is CCOC(=O)c1cc(N(S(=O)(=O)c2ccccc2F)S(=O)(=O)c2ccccc2F)ccn1. The summed E-state index contributed by atoms with van der Waals surface area (Å²) in [7, 11) is -10.3. The molecule has 0 unspecified atom stereocenters. The van der Waals surface area contributed by atoms with E-state index in [1.807, 2.05) is 0 Å². The second-order valence-electron chi connectivity index (χ2n) is 6.19. The summed E-state index contributed by atoms with van der Waals surface area (Å²) in [6.45, 7) is 1.51. The number of rotatable bonds is 7. The van der Waals surface area contributed by atoms with Crippen molar-refractivity contribution in [2.75, 3.05) is 10.3 Å². The highest BCUT2D eigenvalue weighted by Gasteiger charge is 2.40. The molecule has 3 rings (SSSR count). The van der Waals surface area contributed by atoms with Crippen molar-refractivity contribution in [1.82, 2.24) is 4.98 Å². The zero-order valence-corrected chi connectivity index (χ0v) is 18.1. The number of esters is 1. The number of pyridine rings is 1. The summed E-state index contributed by atoms with van der Waals surface area (Å²) >= 11 is 0. The smallest absolute Gasteiger partial charge is 0.356 e. The average molecular weight is 482 g/mol.